The normalized spacial score (nSPS) is 10.3. The SMILES string of the molecule is CNc1nc(C)cc(Sc2ccccc2C)n1. The number of hydrogen-bond acceptors (Lipinski definition) is 4. The second kappa shape index (κ2) is 5.19. The van der Waals surface area contributed by atoms with Crippen molar-refractivity contribution in [2.24, 2.45) is 0 Å². The summed E-state index contributed by atoms with van der Waals surface area (Å²) in [5, 5.41) is 3.94. The summed E-state index contributed by atoms with van der Waals surface area (Å²) in [5.41, 5.74) is 2.24. The molecule has 0 aliphatic rings. The molecule has 88 valence electrons. The number of nitrogens with one attached hydrogen (secondary N) is 1. The van der Waals surface area contributed by atoms with Gasteiger partial charge >= 0.3 is 0 Å². The molecule has 0 radical (unpaired) electrons. The van der Waals surface area contributed by atoms with Gasteiger partial charge < -0.3 is 5.32 Å². The number of nitrogens with zero attached hydrogens (tertiary/aromatic N) is 2. The first-order valence-corrected chi connectivity index (χ1v) is 6.27. The molecule has 1 aromatic heterocycles. The minimum absolute atomic E-state index is 0.668. The molecule has 0 spiro atoms. The Labute approximate surface area is 106 Å². The average Bonchev–Trinajstić information content (AvgIpc) is 2.31. The van der Waals surface area contributed by atoms with Crippen LogP contribution in [0.3, 0.4) is 0 Å². The first-order chi connectivity index (χ1) is 8.19. The molecule has 0 atom stereocenters. The molecule has 3 nitrogen and oxygen atoms in total. The van der Waals surface area contributed by atoms with E-state index in [1.165, 1.54) is 10.5 Å². The molecule has 0 aliphatic heterocycles. The van der Waals surface area contributed by atoms with Crippen molar-refractivity contribution >= 4 is 17.7 Å². The maximum atomic E-state index is 4.43. The molecule has 0 aliphatic carbocycles. The summed E-state index contributed by atoms with van der Waals surface area (Å²) in [7, 11) is 1.83. The Bertz CT molecular complexity index is 526. The van der Waals surface area contributed by atoms with Crippen LogP contribution in [-0.2, 0) is 0 Å². The quantitative estimate of drug-likeness (QED) is 0.842. The summed E-state index contributed by atoms with van der Waals surface area (Å²) in [6.45, 7) is 4.08. The molecule has 1 N–H and O–H groups in total. The van der Waals surface area contributed by atoms with E-state index in [1.807, 2.05) is 32.2 Å². The molecule has 2 rings (SSSR count). The number of rotatable bonds is 3. The maximum Gasteiger partial charge on any atom is 0.223 e. The fourth-order valence-corrected chi connectivity index (χ4v) is 2.45. The number of hydrogen-bond donors (Lipinski definition) is 1. The van der Waals surface area contributed by atoms with E-state index in [1.54, 1.807) is 11.8 Å². The predicted molar refractivity (Wildman–Crippen MR) is 71.6 cm³/mol. The first-order valence-electron chi connectivity index (χ1n) is 5.46. The van der Waals surface area contributed by atoms with Gasteiger partial charge in [-0.2, -0.15) is 0 Å². The first kappa shape index (κ1) is 11.9. The second-order valence-corrected chi connectivity index (χ2v) is 4.85. The highest BCUT2D eigenvalue weighted by Gasteiger charge is 2.04. The average molecular weight is 245 g/mol. The van der Waals surface area contributed by atoms with Crippen LogP contribution in [0.2, 0.25) is 0 Å². The zero-order valence-corrected chi connectivity index (χ0v) is 11.0. The number of aromatic nitrogens is 2. The minimum atomic E-state index is 0.668. The molecule has 0 fully saturated rings. The molecule has 0 saturated carbocycles. The van der Waals surface area contributed by atoms with Gasteiger partial charge in [-0.15, -0.1) is 0 Å². The van der Waals surface area contributed by atoms with Crippen molar-refractivity contribution in [3.63, 3.8) is 0 Å². The van der Waals surface area contributed by atoms with Gasteiger partial charge in [0, 0.05) is 17.6 Å². The Morgan fingerprint density at radius 3 is 2.59 bits per heavy atom. The van der Waals surface area contributed by atoms with E-state index in [2.05, 4.69) is 34.3 Å². The van der Waals surface area contributed by atoms with E-state index in [0.717, 1.165) is 10.7 Å². The van der Waals surface area contributed by atoms with Gasteiger partial charge in [-0.25, -0.2) is 9.97 Å². The van der Waals surface area contributed by atoms with Gasteiger partial charge in [-0.05, 0) is 31.5 Å². The summed E-state index contributed by atoms with van der Waals surface area (Å²) in [4.78, 5) is 9.94. The number of anilines is 1. The lowest BCUT2D eigenvalue weighted by molar-refractivity contribution is 1.01. The topological polar surface area (TPSA) is 37.8 Å². The van der Waals surface area contributed by atoms with E-state index in [9.17, 15) is 0 Å². The lowest BCUT2D eigenvalue weighted by atomic mass is 10.2. The third kappa shape index (κ3) is 2.97. The van der Waals surface area contributed by atoms with Crippen LogP contribution < -0.4 is 5.32 Å². The van der Waals surface area contributed by atoms with Crippen molar-refractivity contribution in [1.82, 2.24) is 9.97 Å². The highest BCUT2D eigenvalue weighted by atomic mass is 32.2. The summed E-state index contributed by atoms with van der Waals surface area (Å²) in [6, 6.07) is 10.3. The van der Waals surface area contributed by atoms with Gasteiger partial charge in [0.1, 0.15) is 5.03 Å². The van der Waals surface area contributed by atoms with Gasteiger partial charge in [0.15, 0.2) is 0 Å². The van der Waals surface area contributed by atoms with Gasteiger partial charge in [-0.1, -0.05) is 30.0 Å². The van der Waals surface area contributed by atoms with Crippen molar-refractivity contribution in [1.29, 1.82) is 0 Å². The minimum Gasteiger partial charge on any atom is -0.357 e. The zero-order chi connectivity index (χ0) is 12.3. The molecular formula is C13H15N3S. The summed E-state index contributed by atoms with van der Waals surface area (Å²) < 4.78 is 0. The van der Waals surface area contributed by atoms with Crippen LogP contribution in [0, 0.1) is 13.8 Å². The molecule has 0 saturated heterocycles. The van der Waals surface area contributed by atoms with Gasteiger partial charge in [0.2, 0.25) is 5.95 Å². The Morgan fingerprint density at radius 2 is 1.88 bits per heavy atom. The third-order valence-electron chi connectivity index (χ3n) is 2.36. The Hall–Kier alpha value is -1.55. The molecule has 1 heterocycles. The van der Waals surface area contributed by atoms with E-state index >= 15 is 0 Å². The Balaban J connectivity index is 2.30. The maximum absolute atomic E-state index is 4.43. The largest absolute Gasteiger partial charge is 0.357 e. The Morgan fingerprint density at radius 1 is 1.12 bits per heavy atom. The van der Waals surface area contributed by atoms with Crippen LogP contribution in [0.1, 0.15) is 11.3 Å². The lowest BCUT2D eigenvalue weighted by Crippen LogP contribution is -1.98. The van der Waals surface area contributed by atoms with Crippen molar-refractivity contribution in [3.05, 3.63) is 41.6 Å². The Kier molecular flexibility index (Phi) is 3.64. The van der Waals surface area contributed by atoms with Crippen molar-refractivity contribution in [2.45, 2.75) is 23.8 Å². The van der Waals surface area contributed by atoms with E-state index in [4.69, 9.17) is 0 Å². The fourth-order valence-electron chi connectivity index (χ4n) is 1.49. The molecule has 0 bridgehead atoms. The van der Waals surface area contributed by atoms with Crippen molar-refractivity contribution in [2.75, 3.05) is 12.4 Å². The second-order valence-electron chi connectivity index (χ2n) is 3.79. The molecule has 0 amide bonds. The zero-order valence-electron chi connectivity index (χ0n) is 10.2. The molecule has 4 heteroatoms. The molecule has 17 heavy (non-hydrogen) atoms. The molecule has 1 aromatic carbocycles. The van der Waals surface area contributed by atoms with Crippen LogP contribution in [0.25, 0.3) is 0 Å². The summed E-state index contributed by atoms with van der Waals surface area (Å²) >= 11 is 1.67. The standard InChI is InChI=1S/C13H15N3S/c1-9-6-4-5-7-11(9)17-12-8-10(2)15-13(14-3)16-12/h4-8H,1-3H3,(H,14,15,16). The van der Waals surface area contributed by atoms with Crippen LogP contribution >= 0.6 is 11.8 Å². The molecule has 2 aromatic rings. The monoisotopic (exact) mass is 245 g/mol. The van der Waals surface area contributed by atoms with Crippen LogP contribution in [0.4, 0.5) is 5.95 Å². The molecule has 0 unspecified atom stereocenters. The highest BCUT2D eigenvalue weighted by Crippen LogP contribution is 2.29. The summed E-state index contributed by atoms with van der Waals surface area (Å²) in [5.74, 6) is 0.668. The lowest BCUT2D eigenvalue weighted by Gasteiger charge is -2.06. The smallest absolute Gasteiger partial charge is 0.223 e. The van der Waals surface area contributed by atoms with Gasteiger partial charge in [0.25, 0.3) is 0 Å². The number of aryl methyl sites for hydroxylation is 2. The van der Waals surface area contributed by atoms with Gasteiger partial charge in [-0.3, -0.25) is 0 Å². The number of benzene rings is 1. The van der Waals surface area contributed by atoms with Crippen LogP contribution in [0.5, 0.6) is 0 Å². The highest BCUT2D eigenvalue weighted by molar-refractivity contribution is 7.99. The van der Waals surface area contributed by atoms with Gasteiger partial charge in [0.05, 0.1) is 0 Å². The van der Waals surface area contributed by atoms with E-state index in [0.29, 0.717) is 5.95 Å². The summed E-state index contributed by atoms with van der Waals surface area (Å²) in [6.07, 6.45) is 0. The van der Waals surface area contributed by atoms with Crippen LogP contribution in [0.15, 0.2) is 40.3 Å². The molecular weight excluding hydrogens is 230 g/mol. The predicted octanol–water partition coefficient (Wildman–Crippen LogP) is 3.29. The van der Waals surface area contributed by atoms with E-state index < -0.39 is 0 Å². The third-order valence-corrected chi connectivity index (χ3v) is 3.46. The van der Waals surface area contributed by atoms with E-state index in [-0.39, 0.29) is 0 Å². The van der Waals surface area contributed by atoms with Crippen molar-refractivity contribution < 1.29 is 0 Å². The van der Waals surface area contributed by atoms with Crippen LogP contribution in [-0.4, -0.2) is 17.0 Å². The van der Waals surface area contributed by atoms with Crippen molar-refractivity contribution in [3.8, 4) is 0 Å². The fraction of sp³-hybridized carbons (Fsp3) is 0.231.